The third kappa shape index (κ3) is 7.67. The predicted molar refractivity (Wildman–Crippen MR) is 110 cm³/mol. The van der Waals surface area contributed by atoms with Gasteiger partial charge in [0.25, 0.3) is 0 Å². The predicted octanol–water partition coefficient (Wildman–Crippen LogP) is 1.97. The molecule has 6 heteroatoms. The lowest BCUT2D eigenvalue weighted by Crippen LogP contribution is -2.49. The molecular weight excluding hydrogens is 330 g/mol. The van der Waals surface area contributed by atoms with Crippen molar-refractivity contribution in [3.63, 3.8) is 0 Å². The number of piperazine rings is 1. The van der Waals surface area contributed by atoms with Crippen molar-refractivity contribution < 1.29 is 0 Å². The van der Waals surface area contributed by atoms with Crippen LogP contribution in [0.4, 0.5) is 0 Å². The molecule has 0 amide bonds. The Hall–Kier alpha value is -1.24. The number of aliphatic imine (C=N–C) groups is 1. The molecule has 1 aliphatic rings. The van der Waals surface area contributed by atoms with E-state index in [-0.39, 0.29) is 0 Å². The lowest BCUT2D eigenvalue weighted by molar-refractivity contribution is 0.122. The maximum atomic E-state index is 4.78. The Morgan fingerprint density at radius 2 is 1.88 bits per heavy atom. The summed E-state index contributed by atoms with van der Waals surface area (Å²) in [5, 5.41) is 6.80. The number of likely N-dealkylation sites (N-methyl/N-ethyl adjacent to an activating group) is 1. The molecule has 1 saturated heterocycles. The van der Waals surface area contributed by atoms with Crippen LogP contribution in [0, 0.1) is 0 Å². The lowest BCUT2D eigenvalue weighted by atomic mass is 10.2. The van der Waals surface area contributed by atoms with Crippen molar-refractivity contribution in [1.82, 2.24) is 20.4 Å². The van der Waals surface area contributed by atoms with Crippen molar-refractivity contribution in [1.29, 1.82) is 0 Å². The molecule has 1 aromatic carbocycles. The van der Waals surface area contributed by atoms with E-state index in [1.165, 1.54) is 4.90 Å². The van der Waals surface area contributed by atoms with Crippen molar-refractivity contribution in [2.75, 3.05) is 58.6 Å². The summed E-state index contributed by atoms with van der Waals surface area (Å²) >= 11 is 1.87. The fraction of sp³-hybridized carbons (Fsp3) is 0.632. The van der Waals surface area contributed by atoms with E-state index in [9.17, 15) is 0 Å². The highest BCUT2D eigenvalue weighted by Crippen LogP contribution is 2.15. The molecule has 1 unspecified atom stereocenters. The first kappa shape index (κ1) is 20.1. The number of hydrogen-bond donors (Lipinski definition) is 2. The van der Waals surface area contributed by atoms with Crippen LogP contribution in [0.25, 0.3) is 0 Å². The molecule has 1 fully saturated rings. The summed E-state index contributed by atoms with van der Waals surface area (Å²) in [4.78, 5) is 11.0. The highest BCUT2D eigenvalue weighted by atomic mass is 32.2. The van der Waals surface area contributed by atoms with Gasteiger partial charge in [0.15, 0.2) is 5.96 Å². The van der Waals surface area contributed by atoms with Crippen LogP contribution >= 0.6 is 11.8 Å². The fourth-order valence-electron chi connectivity index (χ4n) is 2.80. The first-order valence-corrected chi connectivity index (χ1v) is 10.3. The van der Waals surface area contributed by atoms with Crippen LogP contribution < -0.4 is 10.6 Å². The first-order chi connectivity index (χ1) is 12.2. The Morgan fingerprint density at radius 1 is 1.16 bits per heavy atom. The maximum Gasteiger partial charge on any atom is 0.191 e. The Bertz CT molecular complexity index is 500. The summed E-state index contributed by atoms with van der Waals surface area (Å²) < 4.78 is 0. The highest BCUT2D eigenvalue weighted by Gasteiger charge is 2.18. The summed E-state index contributed by atoms with van der Waals surface area (Å²) in [6, 6.07) is 11.0. The molecular formula is C19H33N5S. The quantitative estimate of drug-likeness (QED) is 0.320. The standard InChI is InChI=1S/C19H33N5S/c1-4-20-19(21-10-15-25-18-8-6-5-7-9-18)22-16-17(2)24-13-11-23(3)12-14-24/h5-9,17H,4,10-16H2,1-3H3,(H2,20,21,22). The van der Waals surface area contributed by atoms with Crippen LogP contribution in [0.3, 0.4) is 0 Å². The number of hydrogen-bond acceptors (Lipinski definition) is 4. The molecule has 0 radical (unpaired) electrons. The van der Waals surface area contributed by atoms with Gasteiger partial charge in [0.1, 0.15) is 0 Å². The van der Waals surface area contributed by atoms with Crippen molar-refractivity contribution in [2.45, 2.75) is 24.8 Å². The van der Waals surface area contributed by atoms with Crippen LogP contribution in [0.2, 0.25) is 0 Å². The molecule has 1 heterocycles. The molecule has 1 aliphatic heterocycles. The molecule has 25 heavy (non-hydrogen) atoms. The summed E-state index contributed by atoms with van der Waals surface area (Å²) in [6.45, 7) is 11.6. The maximum absolute atomic E-state index is 4.78. The average Bonchev–Trinajstić information content (AvgIpc) is 2.64. The van der Waals surface area contributed by atoms with E-state index >= 15 is 0 Å². The SMILES string of the molecule is CCNC(=NCC(C)N1CCN(C)CC1)NCCSc1ccccc1. The van der Waals surface area contributed by atoms with Gasteiger partial charge in [-0.25, -0.2) is 0 Å². The molecule has 0 bridgehead atoms. The summed E-state index contributed by atoms with van der Waals surface area (Å²) in [7, 11) is 2.20. The monoisotopic (exact) mass is 363 g/mol. The normalized spacial score (nSPS) is 18.1. The second-order valence-electron chi connectivity index (χ2n) is 6.50. The van der Waals surface area contributed by atoms with Crippen LogP contribution in [0.5, 0.6) is 0 Å². The van der Waals surface area contributed by atoms with E-state index in [2.05, 4.69) is 71.7 Å². The molecule has 1 atom stereocenters. The van der Waals surface area contributed by atoms with Crippen molar-refractivity contribution in [3.8, 4) is 0 Å². The Morgan fingerprint density at radius 3 is 2.56 bits per heavy atom. The summed E-state index contributed by atoms with van der Waals surface area (Å²) in [5.74, 6) is 1.96. The minimum atomic E-state index is 0.489. The van der Waals surface area contributed by atoms with Gasteiger partial charge in [-0.3, -0.25) is 9.89 Å². The van der Waals surface area contributed by atoms with Gasteiger partial charge < -0.3 is 15.5 Å². The zero-order valence-corrected chi connectivity index (χ0v) is 16.7. The van der Waals surface area contributed by atoms with Gasteiger partial charge in [0, 0.05) is 56.0 Å². The Labute approximate surface area is 157 Å². The molecule has 0 aromatic heterocycles. The number of benzene rings is 1. The third-order valence-electron chi connectivity index (χ3n) is 4.43. The molecule has 5 nitrogen and oxygen atoms in total. The molecule has 0 spiro atoms. The van der Waals surface area contributed by atoms with E-state index < -0.39 is 0 Å². The van der Waals surface area contributed by atoms with Gasteiger partial charge in [-0.15, -0.1) is 11.8 Å². The topological polar surface area (TPSA) is 42.9 Å². The minimum Gasteiger partial charge on any atom is -0.357 e. The number of guanidine groups is 1. The van der Waals surface area contributed by atoms with E-state index in [1.807, 2.05) is 11.8 Å². The number of rotatable bonds is 8. The second kappa shape index (κ2) is 11.4. The van der Waals surface area contributed by atoms with Crippen molar-refractivity contribution in [2.24, 2.45) is 4.99 Å². The van der Waals surface area contributed by atoms with E-state index in [0.717, 1.165) is 57.5 Å². The van der Waals surface area contributed by atoms with E-state index in [1.54, 1.807) is 0 Å². The number of nitrogens with zero attached hydrogens (tertiary/aromatic N) is 3. The lowest BCUT2D eigenvalue weighted by Gasteiger charge is -2.35. The summed E-state index contributed by atoms with van der Waals surface area (Å²) in [6.07, 6.45) is 0. The van der Waals surface area contributed by atoms with E-state index in [0.29, 0.717) is 6.04 Å². The Kier molecular flexibility index (Phi) is 9.15. The zero-order valence-electron chi connectivity index (χ0n) is 15.9. The second-order valence-corrected chi connectivity index (χ2v) is 7.66. The largest absolute Gasteiger partial charge is 0.357 e. The average molecular weight is 364 g/mol. The Balaban J connectivity index is 1.71. The van der Waals surface area contributed by atoms with Crippen LogP contribution in [-0.2, 0) is 0 Å². The fourth-order valence-corrected chi connectivity index (χ4v) is 3.59. The number of thioether (sulfide) groups is 1. The van der Waals surface area contributed by atoms with Gasteiger partial charge in [-0.1, -0.05) is 18.2 Å². The smallest absolute Gasteiger partial charge is 0.191 e. The van der Waals surface area contributed by atoms with Gasteiger partial charge in [0.2, 0.25) is 0 Å². The molecule has 2 rings (SSSR count). The molecule has 2 N–H and O–H groups in total. The van der Waals surface area contributed by atoms with Gasteiger partial charge in [0.05, 0.1) is 6.54 Å². The van der Waals surface area contributed by atoms with Crippen LogP contribution in [0.1, 0.15) is 13.8 Å². The van der Waals surface area contributed by atoms with Gasteiger partial charge in [-0.05, 0) is 33.0 Å². The zero-order chi connectivity index (χ0) is 17.9. The third-order valence-corrected chi connectivity index (χ3v) is 5.44. The van der Waals surface area contributed by atoms with Crippen LogP contribution in [0.15, 0.2) is 40.2 Å². The van der Waals surface area contributed by atoms with Gasteiger partial charge >= 0.3 is 0 Å². The molecule has 1 aromatic rings. The molecule has 140 valence electrons. The van der Waals surface area contributed by atoms with Crippen LogP contribution in [-0.4, -0.2) is 80.4 Å². The van der Waals surface area contributed by atoms with Gasteiger partial charge in [-0.2, -0.15) is 0 Å². The van der Waals surface area contributed by atoms with E-state index in [4.69, 9.17) is 4.99 Å². The minimum absolute atomic E-state index is 0.489. The summed E-state index contributed by atoms with van der Waals surface area (Å²) in [5.41, 5.74) is 0. The molecule has 0 aliphatic carbocycles. The van der Waals surface area contributed by atoms with Crippen molar-refractivity contribution >= 4 is 17.7 Å². The first-order valence-electron chi connectivity index (χ1n) is 9.31. The number of nitrogens with one attached hydrogen (secondary N) is 2. The van der Waals surface area contributed by atoms with Crippen molar-refractivity contribution in [3.05, 3.63) is 30.3 Å². The molecule has 0 saturated carbocycles. The highest BCUT2D eigenvalue weighted by molar-refractivity contribution is 7.99.